The molecule has 0 atom stereocenters. The molecule has 0 aliphatic rings. The Morgan fingerprint density at radius 3 is 2.21 bits per heavy atom. The number of rotatable bonds is 8. The number of nitrogens with zero attached hydrogens (tertiary/aromatic N) is 2. The molecule has 0 saturated carbocycles. The van der Waals surface area contributed by atoms with E-state index in [0.29, 0.717) is 5.71 Å². The van der Waals surface area contributed by atoms with Crippen molar-refractivity contribution in [1.82, 2.24) is 9.97 Å². The van der Waals surface area contributed by atoms with Crippen LogP contribution in [0.4, 0.5) is 0 Å². The van der Waals surface area contributed by atoms with Crippen LogP contribution >= 0.6 is 22.7 Å². The summed E-state index contributed by atoms with van der Waals surface area (Å²) in [4.78, 5) is 21.3. The predicted molar refractivity (Wildman–Crippen MR) is 196 cm³/mol. The molecule has 6 rings (SSSR count). The maximum absolute atomic E-state index is 12.2. The number of aliphatic hydroxyl groups is 1. The maximum Gasteiger partial charge on any atom is 0.223 e. The normalized spacial score (nSPS) is 12.8. The van der Waals surface area contributed by atoms with E-state index in [-0.39, 0.29) is 47.9 Å². The van der Waals surface area contributed by atoms with E-state index in [2.05, 4.69) is 77.9 Å². The van der Waals surface area contributed by atoms with E-state index in [1.165, 1.54) is 26.4 Å². The molecular formula is C39H45IrN2O3S2-. The predicted octanol–water partition coefficient (Wildman–Crippen LogP) is 12.2. The quantitative estimate of drug-likeness (QED) is 0.0938. The van der Waals surface area contributed by atoms with Gasteiger partial charge in [0, 0.05) is 58.2 Å². The number of hydrogen-bond acceptors (Lipinski definition) is 7. The van der Waals surface area contributed by atoms with Gasteiger partial charge >= 0.3 is 0 Å². The molecule has 251 valence electrons. The van der Waals surface area contributed by atoms with Crippen LogP contribution in [0.15, 0.2) is 63.7 Å². The number of furan rings is 1. The summed E-state index contributed by atoms with van der Waals surface area (Å²) >= 11 is 3.49. The van der Waals surface area contributed by atoms with Gasteiger partial charge in [0.1, 0.15) is 17.7 Å². The number of benzene rings is 2. The summed E-state index contributed by atoms with van der Waals surface area (Å²) in [6, 6.07) is 14.4. The fourth-order valence-electron chi connectivity index (χ4n) is 5.64. The number of carbonyl (C=O) groups excluding carboxylic acids is 1. The minimum atomic E-state index is -0.337. The van der Waals surface area contributed by atoms with E-state index in [1.54, 1.807) is 29.0 Å². The second kappa shape index (κ2) is 14.3. The molecule has 8 heteroatoms. The van der Waals surface area contributed by atoms with Crippen molar-refractivity contribution in [1.29, 1.82) is 0 Å². The molecule has 0 unspecified atom stereocenters. The zero-order chi connectivity index (χ0) is 33.4. The van der Waals surface area contributed by atoms with Crippen LogP contribution in [0.1, 0.15) is 93.6 Å². The third-order valence-corrected chi connectivity index (χ3v) is 11.8. The molecule has 0 aliphatic carbocycles. The summed E-state index contributed by atoms with van der Waals surface area (Å²) in [6.45, 7) is 18.8. The fourth-order valence-corrected chi connectivity index (χ4v) is 7.52. The minimum absolute atomic E-state index is 0. The number of carbonyl (C=O) groups is 1. The summed E-state index contributed by atoms with van der Waals surface area (Å²) < 4.78 is 8.62. The Morgan fingerprint density at radius 2 is 1.57 bits per heavy atom. The van der Waals surface area contributed by atoms with E-state index in [4.69, 9.17) is 4.42 Å². The van der Waals surface area contributed by atoms with Crippen molar-refractivity contribution in [3.05, 3.63) is 70.9 Å². The second-order valence-electron chi connectivity index (χ2n) is 13.8. The van der Waals surface area contributed by atoms with Gasteiger partial charge in [-0.25, -0.2) is 4.98 Å². The number of allylic oxidation sites excluding steroid dienone is 2. The monoisotopic (exact) mass is 846 g/mol. The molecular weight excluding hydrogens is 801 g/mol. The van der Waals surface area contributed by atoms with Gasteiger partial charge < -0.3 is 9.52 Å². The van der Waals surface area contributed by atoms with E-state index in [9.17, 15) is 9.90 Å². The number of aromatic nitrogens is 2. The van der Waals surface area contributed by atoms with Crippen LogP contribution in [-0.2, 0) is 30.3 Å². The van der Waals surface area contributed by atoms with Crippen molar-refractivity contribution in [2.75, 3.05) is 0 Å². The Kier molecular flexibility index (Phi) is 11.2. The molecule has 0 spiro atoms. The van der Waals surface area contributed by atoms with Crippen LogP contribution < -0.4 is 0 Å². The van der Waals surface area contributed by atoms with Gasteiger partial charge in [-0.2, -0.15) is 11.3 Å². The molecule has 0 amide bonds. The van der Waals surface area contributed by atoms with Crippen LogP contribution in [0.3, 0.4) is 0 Å². The first-order valence-electron chi connectivity index (χ1n) is 16.2. The molecule has 2 aromatic carbocycles. The number of fused-ring (bicyclic) bond motifs is 5. The van der Waals surface area contributed by atoms with E-state index in [0.717, 1.165) is 58.7 Å². The summed E-state index contributed by atoms with van der Waals surface area (Å²) in [5.41, 5.74) is 4.08. The number of ketones is 1. The van der Waals surface area contributed by atoms with E-state index >= 15 is 0 Å². The standard InChI is InChI=1S/C24H17N2OS2.C15H28O2.Ir/c1-24(2,3)17-10-15(8-14-5-7-29-22(14)17)21-20-16-9-13-4-6-28-19(13)11-18(16)27-23(20)26-12-25-21;1-7-14(5,8-2)12(16)11-13(17)15(6,9-3)10-4;/h4-7,9-12H,1-3H3;11,16H,7-10H2,1-6H3;/q-1;;/b;12-11-;. The first-order valence-corrected chi connectivity index (χ1v) is 18.0. The van der Waals surface area contributed by atoms with Gasteiger partial charge in [0.2, 0.25) is 5.71 Å². The summed E-state index contributed by atoms with van der Waals surface area (Å²) in [5, 5.41) is 18.7. The average molecular weight is 846 g/mol. The number of thiophene rings is 2. The largest absolute Gasteiger partial charge is 0.512 e. The smallest absolute Gasteiger partial charge is 0.223 e. The molecule has 4 heterocycles. The first kappa shape index (κ1) is 36.9. The Bertz CT molecular complexity index is 2050. The first-order chi connectivity index (χ1) is 21.8. The zero-order valence-electron chi connectivity index (χ0n) is 28.8. The molecule has 5 nitrogen and oxygen atoms in total. The second-order valence-corrected chi connectivity index (χ2v) is 15.6. The van der Waals surface area contributed by atoms with Gasteiger partial charge in [-0.1, -0.05) is 73.4 Å². The van der Waals surface area contributed by atoms with Crippen LogP contribution in [0, 0.1) is 16.9 Å². The Morgan fingerprint density at radius 1 is 0.915 bits per heavy atom. The van der Waals surface area contributed by atoms with Crippen molar-refractivity contribution in [2.24, 2.45) is 10.8 Å². The molecule has 1 radical (unpaired) electrons. The van der Waals surface area contributed by atoms with Crippen LogP contribution in [0.2, 0.25) is 0 Å². The number of aliphatic hydroxyl groups excluding tert-OH is 1. The van der Waals surface area contributed by atoms with Crippen LogP contribution in [0.25, 0.3) is 53.5 Å². The van der Waals surface area contributed by atoms with E-state index < -0.39 is 0 Å². The third-order valence-electron chi connectivity index (χ3n) is 9.98. The van der Waals surface area contributed by atoms with Gasteiger partial charge in [-0.05, 0) is 70.1 Å². The van der Waals surface area contributed by atoms with Crippen molar-refractivity contribution in [3.63, 3.8) is 0 Å². The molecule has 6 aromatic rings. The maximum atomic E-state index is 12.2. The molecule has 0 aliphatic heterocycles. The van der Waals surface area contributed by atoms with Crippen LogP contribution in [0.5, 0.6) is 0 Å². The molecule has 0 bridgehead atoms. The van der Waals surface area contributed by atoms with Gasteiger partial charge in [0.25, 0.3) is 0 Å². The van der Waals surface area contributed by atoms with Gasteiger partial charge in [0.05, 0.1) is 0 Å². The molecule has 1 N–H and O–H groups in total. The molecule has 47 heavy (non-hydrogen) atoms. The summed E-state index contributed by atoms with van der Waals surface area (Å²) in [6.07, 6.45) is 6.34. The molecule has 0 saturated heterocycles. The Hall–Kier alpha value is -2.90. The molecule has 0 fully saturated rings. The summed E-state index contributed by atoms with van der Waals surface area (Å²) in [5.74, 6) is 0.286. The van der Waals surface area contributed by atoms with Gasteiger partial charge in [-0.3, -0.25) is 9.78 Å². The van der Waals surface area contributed by atoms with Crippen molar-refractivity contribution in [3.8, 4) is 11.3 Å². The summed E-state index contributed by atoms with van der Waals surface area (Å²) in [7, 11) is 0. The minimum Gasteiger partial charge on any atom is -0.512 e. The zero-order valence-corrected chi connectivity index (χ0v) is 32.9. The molecule has 4 aromatic heterocycles. The fraction of sp³-hybridized carbons (Fsp3) is 0.410. The van der Waals surface area contributed by atoms with Crippen molar-refractivity contribution < 1.29 is 34.4 Å². The van der Waals surface area contributed by atoms with Crippen molar-refractivity contribution >= 4 is 70.7 Å². The van der Waals surface area contributed by atoms with E-state index in [1.807, 2.05) is 41.5 Å². The van der Waals surface area contributed by atoms with Gasteiger partial charge in [0.15, 0.2) is 5.78 Å². The Balaban J connectivity index is 0.000000242. The number of hydrogen-bond donors (Lipinski definition) is 1. The van der Waals surface area contributed by atoms with Crippen molar-refractivity contribution in [2.45, 2.75) is 93.4 Å². The van der Waals surface area contributed by atoms with Crippen LogP contribution in [-0.4, -0.2) is 20.9 Å². The topological polar surface area (TPSA) is 76.2 Å². The average Bonchev–Trinajstić information content (AvgIpc) is 3.80. The SMILES string of the molecule is CC(C)(C)c1cc(-c2ncnc3oc4cc5sccc5cc4c23)[c-]c2ccsc12.CCC(C)(CC)C(=O)/C=C(\O)C(C)(CC)CC.[Ir]. The Labute approximate surface area is 299 Å². The third kappa shape index (κ3) is 7.12. The van der Waals surface area contributed by atoms with Gasteiger partial charge in [-0.15, -0.1) is 34.9 Å².